The molecular weight excluding hydrogens is 450 g/mol. The van der Waals surface area contributed by atoms with E-state index in [1.807, 2.05) is 20.8 Å². The summed E-state index contributed by atoms with van der Waals surface area (Å²) in [6.45, 7) is 6.82. The van der Waals surface area contributed by atoms with Gasteiger partial charge in [0.2, 0.25) is 0 Å². The number of piperidine rings is 1. The van der Waals surface area contributed by atoms with Gasteiger partial charge in [-0.1, -0.05) is 5.16 Å². The molecule has 1 aliphatic heterocycles. The molecule has 0 N–H and O–H groups in total. The first-order valence-electron chi connectivity index (χ1n) is 10.6. The van der Waals surface area contributed by atoms with Crippen LogP contribution in [0, 0.1) is 0 Å². The van der Waals surface area contributed by atoms with Crippen LogP contribution in [0.2, 0.25) is 0 Å². The molecular formula is C22H27N3O7S. The van der Waals surface area contributed by atoms with Gasteiger partial charge in [0.25, 0.3) is 5.89 Å². The normalized spacial score (nSPS) is 15.8. The van der Waals surface area contributed by atoms with Crippen LogP contribution < -0.4 is 0 Å². The maximum absolute atomic E-state index is 12.2. The Morgan fingerprint density at radius 3 is 2.61 bits per heavy atom. The fourth-order valence-electron chi connectivity index (χ4n) is 3.49. The smallest absolute Gasteiger partial charge is 0.410 e. The van der Waals surface area contributed by atoms with Gasteiger partial charge in [-0.05, 0) is 57.9 Å². The number of carbonyl (C=O) groups is 1. The molecule has 11 heteroatoms. The maximum atomic E-state index is 12.2. The van der Waals surface area contributed by atoms with Gasteiger partial charge >= 0.3 is 6.09 Å². The molecule has 0 aliphatic carbocycles. The van der Waals surface area contributed by atoms with Crippen molar-refractivity contribution in [3.8, 4) is 11.7 Å². The molecule has 0 radical (unpaired) electrons. The van der Waals surface area contributed by atoms with Gasteiger partial charge in [0.05, 0.1) is 11.0 Å². The second-order valence-electron chi connectivity index (χ2n) is 9.08. The van der Waals surface area contributed by atoms with E-state index >= 15 is 0 Å². The Balaban J connectivity index is 1.33. The Kier molecular flexibility index (Phi) is 6.19. The molecule has 1 amide bonds. The van der Waals surface area contributed by atoms with Gasteiger partial charge in [-0.15, -0.1) is 0 Å². The van der Waals surface area contributed by atoms with Crippen molar-refractivity contribution in [3.63, 3.8) is 0 Å². The van der Waals surface area contributed by atoms with Crippen LogP contribution in [0.15, 0.2) is 38.1 Å². The molecule has 178 valence electrons. The number of hydrogen-bond donors (Lipinski definition) is 0. The van der Waals surface area contributed by atoms with Crippen molar-refractivity contribution in [1.29, 1.82) is 0 Å². The highest BCUT2D eigenvalue weighted by Crippen LogP contribution is 2.29. The van der Waals surface area contributed by atoms with Crippen molar-refractivity contribution in [2.45, 2.75) is 56.8 Å². The number of carbonyl (C=O) groups excluding carboxylic acids is 1. The zero-order valence-electron chi connectivity index (χ0n) is 19.0. The highest BCUT2D eigenvalue weighted by atomic mass is 32.2. The van der Waals surface area contributed by atoms with Crippen molar-refractivity contribution in [1.82, 2.24) is 15.0 Å². The van der Waals surface area contributed by atoms with Crippen molar-refractivity contribution in [2.24, 2.45) is 0 Å². The summed E-state index contributed by atoms with van der Waals surface area (Å²) in [5.41, 5.74) is 0.00139. The summed E-state index contributed by atoms with van der Waals surface area (Å²) >= 11 is 0. The van der Waals surface area contributed by atoms with Crippen molar-refractivity contribution in [3.05, 3.63) is 30.1 Å². The van der Waals surface area contributed by atoms with Crippen LogP contribution in [-0.4, -0.2) is 60.6 Å². The zero-order valence-corrected chi connectivity index (χ0v) is 19.8. The first-order chi connectivity index (χ1) is 15.5. The van der Waals surface area contributed by atoms with E-state index in [0.717, 1.165) is 6.26 Å². The Morgan fingerprint density at radius 2 is 1.94 bits per heavy atom. The topological polar surface area (TPSA) is 125 Å². The number of rotatable bonds is 5. The minimum atomic E-state index is -3.32. The number of aromatic nitrogens is 2. The highest BCUT2D eigenvalue weighted by Gasteiger charge is 2.27. The van der Waals surface area contributed by atoms with Crippen LogP contribution in [0.25, 0.3) is 22.6 Å². The molecule has 2 aromatic heterocycles. The van der Waals surface area contributed by atoms with Crippen molar-refractivity contribution in [2.75, 3.05) is 19.3 Å². The van der Waals surface area contributed by atoms with Crippen LogP contribution in [0.4, 0.5) is 4.79 Å². The van der Waals surface area contributed by atoms with E-state index in [9.17, 15) is 13.2 Å². The summed E-state index contributed by atoms with van der Waals surface area (Å²) in [5.74, 6) is 0.905. The predicted molar refractivity (Wildman–Crippen MR) is 118 cm³/mol. The molecule has 0 unspecified atom stereocenters. The van der Waals surface area contributed by atoms with Crippen LogP contribution in [0.5, 0.6) is 0 Å². The molecule has 0 spiro atoms. The van der Waals surface area contributed by atoms with Gasteiger partial charge in [-0.2, -0.15) is 4.98 Å². The van der Waals surface area contributed by atoms with Gasteiger partial charge in [-0.25, -0.2) is 13.2 Å². The molecule has 1 aliphatic rings. The second-order valence-corrected chi connectivity index (χ2v) is 11.1. The Bertz CT molecular complexity index is 1250. The zero-order chi connectivity index (χ0) is 23.8. The lowest BCUT2D eigenvalue weighted by Crippen LogP contribution is -2.43. The fraction of sp³-hybridized carbons (Fsp3) is 0.500. The minimum Gasteiger partial charge on any atom is -0.451 e. The lowest BCUT2D eigenvalue weighted by Gasteiger charge is -2.33. The van der Waals surface area contributed by atoms with Gasteiger partial charge in [0, 0.05) is 24.7 Å². The molecule has 3 heterocycles. The van der Waals surface area contributed by atoms with E-state index in [-0.39, 0.29) is 29.6 Å². The Morgan fingerprint density at radius 1 is 1.21 bits per heavy atom. The third-order valence-corrected chi connectivity index (χ3v) is 6.25. The van der Waals surface area contributed by atoms with E-state index in [2.05, 4.69) is 10.1 Å². The van der Waals surface area contributed by atoms with Crippen LogP contribution in [-0.2, 0) is 25.9 Å². The van der Waals surface area contributed by atoms with Crippen molar-refractivity contribution < 1.29 is 31.6 Å². The van der Waals surface area contributed by atoms with E-state index in [1.165, 1.54) is 6.07 Å². The Labute approximate surface area is 191 Å². The molecule has 1 aromatic carbocycles. The molecule has 4 rings (SSSR count). The van der Waals surface area contributed by atoms with E-state index in [1.54, 1.807) is 23.1 Å². The number of hydrogen-bond acceptors (Lipinski definition) is 9. The number of benzene rings is 1. The van der Waals surface area contributed by atoms with Gasteiger partial charge in [-0.3, -0.25) is 0 Å². The summed E-state index contributed by atoms with van der Waals surface area (Å²) < 4.78 is 45.8. The average molecular weight is 478 g/mol. The molecule has 0 saturated carbocycles. The lowest BCUT2D eigenvalue weighted by atomic mass is 10.1. The van der Waals surface area contributed by atoms with Gasteiger partial charge < -0.3 is 23.3 Å². The predicted octanol–water partition coefficient (Wildman–Crippen LogP) is 3.80. The number of furan rings is 1. The van der Waals surface area contributed by atoms with Gasteiger partial charge in [0.15, 0.2) is 21.4 Å². The first kappa shape index (κ1) is 23.2. The summed E-state index contributed by atoms with van der Waals surface area (Å²) in [5, 5.41) is 4.56. The van der Waals surface area contributed by atoms with Crippen molar-refractivity contribution >= 4 is 26.9 Å². The van der Waals surface area contributed by atoms with Crippen LogP contribution >= 0.6 is 0 Å². The minimum absolute atomic E-state index is 0.0220. The molecule has 33 heavy (non-hydrogen) atoms. The third kappa shape index (κ3) is 5.72. The molecule has 3 aromatic rings. The molecule has 0 atom stereocenters. The van der Waals surface area contributed by atoms with Crippen LogP contribution in [0.3, 0.4) is 0 Å². The molecule has 1 fully saturated rings. The molecule has 1 saturated heterocycles. The molecule has 0 bridgehead atoms. The SMILES string of the molecule is CC(C)(C)OC(=O)N1CCC(OCc2noc(-c3cc4cc(S(C)(=O)=O)ccc4o3)n2)CC1. The number of amides is 1. The van der Waals surface area contributed by atoms with E-state index in [4.69, 9.17) is 18.4 Å². The highest BCUT2D eigenvalue weighted by molar-refractivity contribution is 7.90. The number of nitrogens with zero attached hydrogens (tertiary/aromatic N) is 3. The third-order valence-electron chi connectivity index (χ3n) is 5.14. The summed E-state index contributed by atoms with van der Waals surface area (Å²) in [7, 11) is -3.32. The second kappa shape index (κ2) is 8.79. The maximum Gasteiger partial charge on any atom is 0.410 e. The Hall–Kier alpha value is -2.92. The number of likely N-dealkylation sites (tertiary alicyclic amines) is 1. The number of ether oxygens (including phenoxy) is 2. The summed E-state index contributed by atoms with van der Waals surface area (Å²) in [6.07, 6.45) is 2.21. The lowest BCUT2D eigenvalue weighted by molar-refractivity contribution is -0.0190. The van der Waals surface area contributed by atoms with E-state index < -0.39 is 15.4 Å². The van der Waals surface area contributed by atoms with E-state index in [0.29, 0.717) is 48.5 Å². The number of fused-ring (bicyclic) bond motifs is 1. The number of sulfone groups is 1. The quantitative estimate of drug-likeness (QED) is 0.539. The van der Waals surface area contributed by atoms with Gasteiger partial charge in [0.1, 0.15) is 17.8 Å². The summed E-state index contributed by atoms with van der Waals surface area (Å²) in [4.78, 5) is 18.4. The average Bonchev–Trinajstić information content (AvgIpc) is 3.37. The standard InChI is InChI=1S/C22H27N3O7S/c1-22(2,3)31-21(26)25-9-7-15(8-10-25)29-13-19-23-20(32-24-19)18-12-14-11-16(33(4,27)28)5-6-17(14)30-18/h5-6,11-12,15H,7-10,13H2,1-4H3. The fourth-order valence-corrected chi connectivity index (χ4v) is 4.15. The largest absolute Gasteiger partial charge is 0.451 e. The molecule has 10 nitrogen and oxygen atoms in total. The summed E-state index contributed by atoms with van der Waals surface area (Å²) in [6, 6.07) is 6.29. The monoisotopic (exact) mass is 477 g/mol. The van der Waals surface area contributed by atoms with Crippen LogP contribution in [0.1, 0.15) is 39.4 Å². The first-order valence-corrected chi connectivity index (χ1v) is 12.5.